The summed E-state index contributed by atoms with van der Waals surface area (Å²) in [4.78, 5) is 8.63. The number of thioether (sulfide) groups is 1. The van der Waals surface area contributed by atoms with E-state index in [0.717, 1.165) is 5.82 Å². The summed E-state index contributed by atoms with van der Waals surface area (Å²) in [6.45, 7) is 6.21. The molecular formula is C12H22N4OS. The van der Waals surface area contributed by atoms with Crippen molar-refractivity contribution < 1.29 is 5.11 Å². The van der Waals surface area contributed by atoms with Crippen LogP contribution in [0.5, 0.6) is 0 Å². The molecule has 1 heterocycles. The Bertz CT molecular complexity index is 382. The highest BCUT2D eigenvalue weighted by atomic mass is 32.2. The molecule has 18 heavy (non-hydrogen) atoms. The Morgan fingerprint density at radius 3 is 2.56 bits per heavy atom. The molecule has 0 aromatic carbocycles. The van der Waals surface area contributed by atoms with Gasteiger partial charge in [-0.25, -0.2) is 9.97 Å². The van der Waals surface area contributed by atoms with E-state index in [-0.39, 0.29) is 23.8 Å². The van der Waals surface area contributed by atoms with E-state index >= 15 is 0 Å². The van der Waals surface area contributed by atoms with E-state index in [0.29, 0.717) is 11.6 Å². The SMILES string of the molecule is CSC(CO)C(C)Nc1cc(N)nc(C(C)C)n1. The molecule has 0 amide bonds. The minimum atomic E-state index is 0.110. The summed E-state index contributed by atoms with van der Waals surface area (Å²) in [6, 6.07) is 1.83. The van der Waals surface area contributed by atoms with E-state index in [9.17, 15) is 5.11 Å². The lowest BCUT2D eigenvalue weighted by Crippen LogP contribution is -2.31. The van der Waals surface area contributed by atoms with Gasteiger partial charge in [-0.05, 0) is 13.2 Å². The molecule has 5 nitrogen and oxygen atoms in total. The Labute approximate surface area is 113 Å². The molecule has 1 aromatic heterocycles. The topological polar surface area (TPSA) is 84.1 Å². The van der Waals surface area contributed by atoms with Crippen LogP contribution in [0, 0.1) is 0 Å². The summed E-state index contributed by atoms with van der Waals surface area (Å²) >= 11 is 1.62. The number of nitrogens with two attached hydrogens (primary N) is 1. The highest BCUT2D eigenvalue weighted by Gasteiger charge is 2.16. The van der Waals surface area contributed by atoms with Gasteiger partial charge in [0.25, 0.3) is 0 Å². The fraction of sp³-hybridized carbons (Fsp3) is 0.667. The Kier molecular flexibility index (Phi) is 5.68. The quantitative estimate of drug-likeness (QED) is 0.730. The van der Waals surface area contributed by atoms with Gasteiger partial charge in [-0.1, -0.05) is 13.8 Å². The summed E-state index contributed by atoms with van der Waals surface area (Å²) in [7, 11) is 0. The van der Waals surface area contributed by atoms with Crippen LogP contribution in [-0.4, -0.2) is 39.2 Å². The van der Waals surface area contributed by atoms with Crippen LogP contribution in [0.2, 0.25) is 0 Å². The Balaban J connectivity index is 2.83. The summed E-state index contributed by atoms with van der Waals surface area (Å²) < 4.78 is 0. The van der Waals surface area contributed by atoms with Crippen molar-refractivity contribution in [3.63, 3.8) is 0 Å². The van der Waals surface area contributed by atoms with Gasteiger partial charge in [0.2, 0.25) is 0 Å². The first-order chi connectivity index (χ1) is 8.47. The average molecular weight is 270 g/mol. The number of aliphatic hydroxyl groups excluding tert-OH is 1. The van der Waals surface area contributed by atoms with Crippen molar-refractivity contribution in [3.05, 3.63) is 11.9 Å². The van der Waals surface area contributed by atoms with Gasteiger partial charge in [0.05, 0.1) is 6.61 Å². The van der Waals surface area contributed by atoms with Crippen LogP contribution in [0.1, 0.15) is 32.5 Å². The fourth-order valence-electron chi connectivity index (χ4n) is 1.58. The third-order valence-corrected chi connectivity index (χ3v) is 3.86. The van der Waals surface area contributed by atoms with E-state index < -0.39 is 0 Å². The summed E-state index contributed by atoms with van der Waals surface area (Å²) in [5.74, 6) is 2.15. The van der Waals surface area contributed by atoms with Crippen LogP contribution in [-0.2, 0) is 0 Å². The van der Waals surface area contributed by atoms with Gasteiger partial charge in [-0.2, -0.15) is 11.8 Å². The third kappa shape index (κ3) is 4.03. The second kappa shape index (κ2) is 6.80. The monoisotopic (exact) mass is 270 g/mol. The maximum absolute atomic E-state index is 9.25. The standard InChI is InChI=1S/C12H22N4OS/c1-7(2)12-15-10(13)5-11(16-12)14-8(3)9(6-17)18-4/h5,7-9,17H,6H2,1-4H3,(H3,13,14,15,16). The predicted octanol–water partition coefficient (Wildman–Crippen LogP) is 1.71. The van der Waals surface area contributed by atoms with Crippen LogP contribution >= 0.6 is 11.8 Å². The van der Waals surface area contributed by atoms with Gasteiger partial charge in [0.1, 0.15) is 17.5 Å². The van der Waals surface area contributed by atoms with Crippen molar-refractivity contribution in [1.82, 2.24) is 9.97 Å². The Hall–Kier alpha value is -1.01. The molecule has 0 spiro atoms. The molecule has 102 valence electrons. The fourth-order valence-corrected chi connectivity index (χ4v) is 2.21. The van der Waals surface area contributed by atoms with Crippen molar-refractivity contribution in [3.8, 4) is 0 Å². The van der Waals surface area contributed by atoms with Crippen molar-refractivity contribution in [2.75, 3.05) is 23.9 Å². The van der Waals surface area contributed by atoms with Gasteiger partial charge in [0.15, 0.2) is 0 Å². The maximum atomic E-state index is 9.25. The van der Waals surface area contributed by atoms with E-state index in [1.807, 2.05) is 27.0 Å². The predicted molar refractivity (Wildman–Crippen MR) is 78.0 cm³/mol. The second-order valence-electron chi connectivity index (χ2n) is 4.58. The first-order valence-electron chi connectivity index (χ1n) is 6.02. The normalized spacial score (nSPS) is 14.6. The van der Waals surface area contributed by atoms with Crippen LogP contribution in [0.4, 0.5) is 11.6 Å². The van der Waals surface area contributed by atoms with Crippen molar-refractivity contribution >= 4 is 23.4 Å². The number of nitrogens with one attached hydrogen (secondary N) is 1. The molecular weight excluding hydrogens is 248 g/mol. The lowest BCUT2D eigenvalue weighted by molar-refractivity contribution is 0.288. The van der Waals surface area contributed by atoms with Crippen molar-refractivity contribution in [2.24, 2.45) is 0 Å². The zero-order chi connectivity index (χ0) is 13.7. The number of hydrogen-bond acceptors (Lipinski definition) is 6. The summed E-state index contributed by atoms with van der Waals surface area (Å²) in [5.41, 5.74) is 5.77. The first-order valence-corrected chi connectivity index (χ1v) is 7.31. The maximum Gasteiger partial charge on any atom is 0.135 e. The molecule has 0 aliphatic rings. The van der Waals surface area contributed by atoms with Gasteiger partial charge in [0, 0.05) is 23.3 Å². The van der Waals surface area contributed by atoms with Crippen LogP contribution in [0.25, 0.3) is 0 Å². The minimum absolute atomic E-state index is 0.110. The van der Waals surface area contributed by atoms with E-state index in [2.05, 4.69) is 15.3 Å². The molecule has 6 heteroatoms. The van der Waals surface area contributed by atoms with E-state index in [1.165, 1.54) is 0 Å². The highest BCUT2D eigenvalue weighted by Crippen LogP contribution is 2.18. The zero-order valence-electron chi connectivity index (χ0n) is 11.3. The second-order valence-corrected chi connectivity index (χ2v) is 5.66. The lowest BCUT2D eigenvalue weighted by Gasteiger charge is -2.22. The molecule has 0 aliphatic heterocycles. The molecule has 1 rings (SSSR count). The molecule has 0 saturated carbocycles. The molecule has 0 bridgehead atoms. The molecule has 0 fully saturated rings. The lowest BCUT2D eigenvalue weighted by atomic mass is 10.2. The Morgan fingerprint density at radius 1 is 1.39 bits per heavy atom. The number of nitrogen functional groups attached to an aromatic ring is 1. The number of aliphatic hydroxyl groups is 1. The number of rotatable bonds is 6. The Morgan fingerprint density at radius 2 is 2.06 bits per heavy atom. The third-order valence-electron chi connectivity index (χ3n) is 2.70. The first kappa shape index (κ1) is 15.0. The van der Waals surface area contributed by atoms with Gasteiger partial charge >= 0.3 is 0 Å². The summed E-state index contributed by atoms with van der Waals surface area (Å²) in [5, 5.41) is 12.6. The minimum Gasteiger partial charge on any atom is -0.395 e. The molecule has 2 atom stereocenters. The van der Waals surface area contributed by atoms with E-state index in [4.69, 9.17) is 5.73 Å². The smallest absolute Gasteiger partial charge is 0.135 e. The number of nitrogens with zero attached hydrogens (tertiary/aromatic N) is 2. The van der Waals surface area contributed by atoms with Gasteiger partial charge < -0.3 is 16.2 Å². The number of hydrogen-bond donors (Lipinski definition) is 3. The van der Waals surface area contributed by atoms with Gasteiger partial charge in [-0.3, -0.25) is 0 Å². The molecule has 4 N–H and O–H groups in total. The zero-order valence-corrected chi connectivity index (χ0v) is 12.2. The number of anilines is 2. The van der Waals surface area contributed by atoms with Crippen molar-refractivity contribution in [2.45, 2.75) is 38.0 Å². The molecule has 0 aliphatic carbocycles. The highest BCUT2D eigenvalue weighted by molar-refractivity contribution is 7.99. The largest absolute Gasteiger partial charge is 0.395 e. The molecule has 0 radical (unpaired) electrons. The average Bonchev–Trinajstić information content (AvgIpc) is 2.29. The number of aromatic nitrogens is 2. The van der Waals surface area contributed by atoms with Crippen LogP contribution in [0.3, 0.4) is 0 Å². The van der Waals surface area contributed by atoms with E-state index in [1.54, 1.807) is 17.8 Å². The molecule has 1 aromatic rings. The van der Waals surface area contributed by atoms with Crippen molar-refractivity contribution in [1.29, 1.82) is 0 Å². The van der Waals surface area contributed by atoms with Crippen LogP contribution < -0.4 is 11.1 Å². The summed E-state index contributed by atoms with van der Waals surface area (Å²) in [6.07, 6.45) is 1.98. The molecule has 2 unspecified atom stereocenters. The molecule has 0 saturated heterocycles. The van der Waals surface area contributed by atoms with Gasteiger partial charge in [-0.15, -0.1) is 0 Å². The van der Waals surface area contributed by atoms with Crippen LogP contribution in [0.15, 0.2) is 6.07 Å².